The van der Waals surface area contributed by atoms with Crippen molar-refractivity contribution in [3.05, 3.63) is 93.5 Å². The maximum atomic E-state index is 12.4. The van der Waals surface area contributed by atoms with E-state index in [-0.39, 0.29) is 6.61 Å². The average Bonchev–Trinajstić information content (AvgIpc) is 2.80. The van der Waals surface area contributed by atoms with Gasteiger partial charge in [-0.3, -0.25) is 4.79 Å². The Labute approximate surface area is 201 Å². The Balaban J connectivity index is 1.62. The van der Waals surface area contributed by atoms with Gasteiger partial charge in [0.05, 0.1) is 11.8 Å². The van der Waals surface area contributed by atoms with Gasteiger partial charge in [-0.2, -0.15) is 5.10 Å². The smallest absolute Gasteiger partial charge is 0.343 e. The molecule has 33 heavy (non-hydrogen) atoms. The van der Waals surface area contributed by atoms with Crippen molar-refractivity contribution < 1.29 is 19.1 Å². The highest BCUT2D eigenvalue weighted by atomic mass is 79.9. The molecule has 170 valence electrons. The molecule has 0 radical (unpaired) electrons. The zero-order chi connectivity index (χ0) is 23.8. The molecule has 0 saturated carbocycles. The fraction of sp³-hybridized carbons (Fsp3) is 0.192. The molecule has 1 amide bonds. The highest BCUT2D eigenvalue weighted by Crippen LogP contribution is 2.24. The molecular weight excluding hydrogens is 484 g/mol. The van der Waals surface area contributed by atoms with Crippen molar-refractivity contribution in [1.82, 2.24) is 5.43 Å². The van der Waals surface area contributed by atoms with E-state index in [0.717, 1.165) is 15.6 Å². The zero-order valence-electron chi connectivity index (χ0n) is 18.7. The lowest BCUT2D eigenvalue weighted by Crippen LogP contribution is -2.24. The van der Waals surface area contributed by atoms with E-state index in [2.05, 4.69) is 46.4 Å². The molecule has 0 bridgehead atoms. The summed E-state index contributed by atoms with van der Waals surface area (Å²) in [6.45, 7) is 5.96. The van der Waals surface area contributed by atoms with E-state index in [4.69, 9.17) is 9.47 Å². The first-order chi connectivity index (χ1) is 15.8. The largest absolute Gasteiger partial charge is 0.483 e. The number of hydrazone groups is 1. The van der Waals surface area contributed by atoms with E-state index in [9.17, 15) is 9.59 Å². The topological polar surface area (TPSA) is 77.0 Å². The summed E-state index contributed by atoms with van der Waals surface area (Å²) in [5.41, 5.74) is 5.49. The lowest BCUT2D eigenvalue weighted by molar-refractivity contribution is -0.123. The van der Waals surface area contributed by atoms with Crippen molar-refractivity contribution in [2.24, 2.45) is 5.10 Å². The highest BCUT2D eigenvalue weighted by molar-refractivity contribution is 9.10. The number of carbonyl (C=O) groups is 2. The van der Waals surface area contributed by atoms with E-state index in [1.54, 1.807) is 42.5 Å². The maximum Gasteiger partial charge on any atom is 0.343 e. The average molecular weight is 509 g/mol. The van der Waals surface area contributed by atoms with Crippen molar-refractivity contribution in [1.29, 1.82) is 0 Å². The number of rotatable bonds is 8. The molecular formula is C26H25BrN2O4. The summed E-state index contributed by atoms with van der Waals surface area (Å²) in [4.78, 5) is 24.6. The van der Waals surface area contributed by atoms with E-state index >= 15 is 0 Å². The summed E-state index contributed by atoms with van der Waals surface area (Å²) in [6.07, 6.45) is 1.42. The lowest BCUT2D eigenvalue weighted by atomic mass is 10.0. The van der Waals surface area contributed by atoms with Crippen LogP contribution in [0.3, 0.4) is 0 Å². The number of nitrogens with one attached hydrogen (secondary N) is 1. The number of ether oxygens (including phenoxy) is 2. The summed E-state index contributed by atoms with van der Waals surface area (Å²) in [5, 5.41) is 3.99. The minimum Gasteiger partial charge on any atom is -0.483 e. The second-order valence-corrected chi connectivity index (χ2v) is 8.61. The number of nitrogens with zero attached hydrogens (tertiary/aromatic N) is 1. The van der Waals surface area contributed by atoms with Crippen LogP contribution in [0.25, 0.3) is 0 Å². The molecule has 0 aromatic heterocycles. The van der Waals surface area contributed by atoms with Gasteiger partial charge in [0.2, 0.25) is 0 Å². The molecule has 3 aromatic carbocycles. The van der Waals surface area contributed by atoms with Crippen LogP contribution in [-0.2, 0) is 4.79 Å². The fourth-order valence-electron chi connectivity index (χ4n) is 2.93. The molecule has 0 heterocycles. The standard InChI is InChI=1S/C26H25BrN2O4/c1-17(2)20-10-9-18(3)24(14-20)32-16-25(30)29-28-15-21-13-22(27)11-12-23(21)33-26(31)19-7-5-4-6-8-19/h4-15,17H,16H2,1-3H3,(H,29,30)/b28-15-. The Morgan fingerprint density at radius 3 is 2.52 bits per heavy atom. The van der Waals surface area contributed by atoms with Gasteiger partial charge in [0.1, 0.15) is 11.5 Å². The molecule has 0 fully saturated rings. The summed E-state index contributed by atoms with van der Waals surface area (Å²) in [6, 6.07) is 19.8. The Morgan fingerprint density at radius 2 is 1.79 bits per heavy atom. The first-order valence-electron chi connectivity index (χ1n) is 10.5. The van der Waals surface area contributed by atoms with E-state index in [0.29, 0.717) is 28.5 Å². The molecule has 0 atom stereocenters. The molecule has 0 saturated heterocycles. The molecule has 0 aliphatic carbocycles. The van der Waals surface area contributed by atoms with Crippen molar-refractivity contribution in [2.75, 3.05) is 6.61 Å². The second-order valence-electron chi connectivity index (χ2n) is 7.70. The number of aryl methyl sites for hydroxylation is 1. The highest BCUT2D eigenvalue weighted by Gasteiger charge is 2.12. The first kappa shape index (κ1) is 24.2. The molecule has 0 unspecified atom stereocenters. The second kappa shape index (κ2) is 11.4. The summed E-state index contributed by atoms with van der Waals surface area (Å²) in [7, 11) is 0. The summed E-state index contributed by atoms with van der Waals surface area (Å²) in [5.74, 6) is 0.467. The number of hydrogen-bond donors (Lipinski definition) is 1. The quantitative estimate of drug-likeness (QED) is 0.185. The third kappa shape index (κ3) is 7.02. The van der Waals surface area contributed by atoms with Crippen LogP contribution in [0.4, 0.5) is 0 Å². The van der Waals surface area contributed by atoms with E-state index in [1.807, 2.05) is 25.1 Å². The predicted octanol–water partition coefficient (Wildman–Crippen LogP) is 5.63. The molecule has 6 nitrogen and oxygen atoms in total. The van der Waals surface area contributed by atoms with Gasteiger partial charge in [0, 0.05) is 10.0 Å². The van der Waals surface area contributed by atoms with Crippen LogP contribution in [0.1, 0.15) is 46.8 Å². The first-order valence-corrected chi connectivity index (χ1v) is 11.2. The molecule has 7 heteroatoms. The van der Waals surface area contributed by atoms with Crippen LogP contribution in [0.15, 0.2) is 76.3 Å². The zero-order valence-corrected chi connectivity index (χ0v) is 20.3. The molecule has 0 aliphatic rings. The van der Waals surface area contributed by atoms with Crippen LogP contribution >= 0.6 is 15.9 Å². The van der Waals surface area contributed by atoms with Crippen molar-refractivity contribution in [3.8, 4) is 11.5 Å². The van der Waals surface area contributed by atoms with E-state index < -0.39 is 11.9 Å². The number of amides is 1. The molecule has 0 spiro atoms. The maximum absolute atomic E-state index is 12.4. The van der Waals surface area contributed by atoms with Crippen molar-refractivity contribution in [3.63, 3.8) is 0 Å². The van der Waals surface area contributed by atoms with Gasteiger partial charge in [-0.05, 0) is 60.4 Å². The SMILES string of the molecule is Cc1ccc(C(C)C)cc1OCC(=O)N/N=C\c1cc(Br)ccc1OC(=O)c1ccccc1. The van der Waals surface area contributed by atoms with Crippen LogP contribution in [0.2, 0.25) is 0 Å². The van der Waals surface area contributed by atoms with Crippen molar-refractivity contribution >= 4 is 34.0 Å². The van der Waals surface area contributed by atoms with Gasteiger partial charge in [-0.1, -0.05) is 60.1 Å². The van der Waals surface area contributed by atoms with Crippen LogP contribution in [-0.4, -0.2) is 24.7 Å². The van der Waals surface area contributed by atoms with Crippen LogP contribution < -0.4 is 14.9 Å². The minimum absolute atomic E-state index is 0.173. The predicted molar refractivity (Wildman–Crippen MR) is 132 cm³/mol. The van der Waals surface area contributed by atoms with Gasteiger partial charge in [0.15, 0.2) is 6.61 Å². The Kier molecular flexibility index (Phi) is 8.38. The normalized spacial score (nSPS) is 10.9. The number of carbonyl (C=O) groups excluding carboxylic acids is 2. The number of esters is 1. The third-order valence-corrected chi connectivity index (χ3v) is 5.31. The van der Waals surface area contributed by atoms with Gasteiger partial charge < -0.3 is 9.47 Å². The van der Waals surface area contributed by atoms with Crippen molar-refractivity contribution in [2.45, 2.75) is 26.7 Å². The molecule has 1 N–H and O–H groups in total. The Bertz CT molecular complexity index is 1160. The van der Waals surface area contributed by atoms with Crippen LogP contribution in [0.5, 0.6) is 11.5 Å². The minimum atomic E-state index is -0.482. The number of benzene rings is 3. The van der Waals surface area contributed by atoms with E-state index in [1.165, 1.54) is 6.21 Å². The van der Waals surface area contributed by atoms with Gasteiger partial charge >= 0.3 is 5.97 Å². The summed E-state index contributed by atoms with van der Waals surface area (Å²) >= 11 is 3.39. The Morgan fingerprint density at radius 1 is 1.03 bits per heavy atom. The third-order valence-electron chi connectivity index (χ3n) is 4.81. The van der Waals surface area contributed by atoms with Gasteiger partial charge in [-0.25, -0.2) is 10.2 Å². The summed E-state index contributed by atoms with van der Waals surface area (Å²) < 4.78 is 12.0. The monoisotopic (exact) mass is 508 g/mol. The molecule has 3 rings (SSSR count). The van der Waals surface area contributed by atoms with Crippen LogP contribution in [0, 0.1) is 6.92 Å². The molecule has 0 aliphatic heterocycles. The number of halogens is 1. The van der Waals surface area contributed by atoms with Gasteiger partial charge in [-0.15, -0.1) is 0 Å². The lowest BCUT2D eigenvalue weighted by Gasteiger charge is -2.12. The molecule has 3 aromatic rings. The Hall–Kier alpha value is -3.45. The fourth-order valence-corrected chi connectivity index (χ4v) is 3.31. The number of hydrogen-bond acceptors (Lipinski definition) is 5. The van der Waals surface area contributed by atoms with Gasteiger partial charge in [0.25, 0.3) is 5.91 Å².